The van der Waals surface area contributed by atoms with Gasteiger partial charge in [-0.15, -0.1) is 0 Å². The molecule has 2 N–H and O–H groups in total. The van der Waals surface area contributed by atoms with E-state index in [4.69, 9.17) is 9.47 Å². The molecular formula is C16H30N2O4. The van der Waals surface area contributed by atoms with E-state index in [0.717, 1.165) is 19.3 Å². The van der Waals surface area contributed by atoms with Gasteiger partial charge in [-0.25, -0.2) is 4.79 Å². The Labute approximate surface area is 133 Å². The molecule has 1 rings (SSSR count). The standard InChI is InChI=1S/C16H30N2O4/c1-11(2)9-12(10-17-15(20)22-16(3,4)5)18-14(19)13-7-6-8-21-13/h11-13H,6-10H2,1-5H3,(H,17,20)(H,18,19)/t12-,13+/m1/s1. The van der Waals surface area contributed by atoms with E-state index < -0.39 is 11.7 Å². The lowest BCUT2D eigenvalue weighted by Crippen LogP contribution is -2.48. The van der Waals surface area contributed by atoms with Crippen molar-refractivity contribution in [3.63, 3.8) is 0 Å². The maximum Gasteiger partial charge on any atom is 0.407 e. The molecule has 0 spiro atoms. The summed E-state index contributed by atoms with van der Waals surface area (Å²) in [6.45, 7) is 10.6. The summed E-state index contributed by atoms with van der Waals surface area (Å²) < 4.78 is 10.6. The van der Waals surface area contributed by atoms with Gasteiger partial charge in [-0.1, -0.05) is 13.8 Å². The summed E-state index contributed by atoms with van der Waals surface area (Å²) in [6.07, 6.45) is 1.65. The first kappa shape index (κ1) is 18.7. The Kier molecular flexibility index (Phi) is 7.13. The third kappa shape index (κ3) is 7.64. The van der Waals surface area contributed by atoms with Crippen LogP contribution in [0.1, 0.15) is 53.9 Å². The van der Waals surface area contributed by atoms with E-state index in [1.54, 1.807) is 0 Å². The van der Waals surface area contributed by atoms with Gasteiger partial charge in [0, 0.05) is 19.2 Å². The fraction of sp³-hybridized carbons (Fsp3) is 0.875. The molecule has 128 valence electrons. The lowest BCUT2D eigenvalue weighted by Gasteiger charge is -2.24. The largest absolute Gasteiger partial charge is 0.444 e. The zero-order chi connectivity index (χ0) is 16.8. The van der Waals surface area contributed by atoms with Crippen LogP contribution >= 0.6 is 0 Å². The van der Waals surface area contributed by atoms with E-state index in [-0.39, 0.29) is 18.1 Å². The molecule has 22 heavy (non-hydrogen) atoms. The molecule has 2 amide bonds. The number of carbonyl (C=O) groups is 2. The fourth-order valence-electron chi connectivity index (χ4n) is 2.36. The number of alkyl carbamates (subject to hydrolysis) is 1. The minimum Gasteiger partial charge on any atom is -0.444 e. The SMILES string of the molecule is CC(C)C[C@H](CNC(=O)OC(C)(C)C)NC(=O)[C@@H]1CCCO1. The van der Waals surface area contributed by atoms with E-state index in [2.05, 4.69) is 24.5 Å². The van der Waals surface area contributed by atoms with Gasteiger partial charge in [-0.05, 0) is 46.0 Å². The molecule has 0 saturated carbocycles. The molecule has 0 aromatic carbocycles. The molecule has 6 nitrogen and oxygen atoms in total. The summed E-state index contributed by atoms with van der Waals surface area (Å²) in [7, 11) is 0. The highest BCUT2D eigenvalue weighted by molar-refractivity contribution is 5.81. The minimum absolute atomic E-state index is 0.0888. The number of hydrogen-bond acceptors (Lipinski definition) is 4. The van der Waals surface area contributed by atoms with E-state index in [9.17, 15) is 9.59 Å². The Bertz CT molecular complexity index is 371. The second-order valence-corrected chi connectivity index (χ2v) is 7.22. The van der Waals surface area contributed by atoms with Crippen molar-refractivity contribution >= 4 is 12.0 Å². The first-order valence-electron chi connectivity index (χ1n) is 8.06. The predicted molar refractivity (Wildman–Crippen MR) is 84.6 cm³/mol. The van der Waals surface area contributed by atoms with Crippen LogP contribution in [-0.2, 0) is 14.3 Å². The smallest absolute Gasteiger partial charge is 0.407 e. The van der Waals surface area contributed by atoms with Gasteiger partial charge in [-0.2, -0.15) is 0 Å². The van der Waals surface area contributed by atoms with E-state index in [1.165, 1.54) is 0 Å². The Morgan fingerprint density at radius 1 is 1.32 bits per heavy atom. The van der Waals surface area contributed by atoms with Gasteiger partial charge >= 0.3 is 6.09 Å². The van der Waals surface area contributed by atoms with Crippen molar-refractivity contribution in [2.24, 2.45) is 5.92 Å². The lowest BCUT2D eigenvalue weighted by molar-refractivity contribution is -0.130. The van der Waals surface area contributed by atoms with Crippen LogP contribution in [0.4, 0.5) is 4.79 Å². The van der Waals surface area contributed by atoms with E-state index in [0.29, 0.717) is 19.1 Å². The molecule has 0 aromatic heterocycles. The van der Waals surface area contributed by atoms with Crippen molar-refractivity contribution in [2.75, 3.05) is 13.2 Å². The quantitative estimate of drug-likeness (QED) is 0.788. The molecule has 1 saturated heterocycles. The molecule has 0 radical (unpaired) electrons. The third-order valence-corrected chi connectivity index (χ3v) is 3.22. The third-order valence-electron chi connectivity index (χ3n) is 3.22. The van der Waals surface area contributed by atoms with Gasteiger partial charge in [-0.3, -0.25) is 4.79 Å². The predicted octanol–water partition coefficient (Wildman–Crippen LogP) is 2.22. The van der Waals surface area contributed by atoms with Gasteiger partial charge < -0.3 is 20.1 Å². The molecule has 0 aromatic rings. The summed E-state index contributed by atoms with van der Waals surface area (Å²) >= 11 is 0. The average Bonchev–Trinajstić information content (AvgIpc) is 2.86. The van der Waals surface area contributed by atoms with Gasteiger partial charge in [0.1, 0.15) is 11.7 Å². The van der Waals surface area contributed by atoms with Crippen LogP contribution in [0.25, 0.3) is 0 Å². The maximum absolute atomic E-state index is 12.1. The second-order valence-electron chi connectivity index (χ2n) is 7.22. The number of amides is 2. The van der Waals surface area contributed by atoms with Crippen LogP contribution in [0.3, 0.4) is 0 Å². The monoisotopic (exact) mass is 314 g/mol. The Morgan fingerprint density at radius 2 is 2.00 bits per heavy atom. The fourth-order valence-corrected chi connectivity index (χ4v) is 2.36. The molecule has 1 aliphatic heterocycles. The normalized spacial score (nSPS) is 19.8. The zero-order valence-electron chi connectivity index (χ0n) is 14.4. The Balaban J connectivity index is 2.46. The summed E-state index contributed by atoms with van der Waals surface area (Å²) in [5, 5.41) is 5.70. The van der Waals surface area contributed by atoms with Crippen LogP contribution in [0, 0.1) is 5.92 Å². The molecular weight excluding hydrogens is 284 g/mol. The van der Waals surface area contributed by atoms with Gasteiger partial charge in [0.15, 0.2) is 0 Å². The van der Waals surface area contributed by atoms with Crippen LogP contribution < -0.4 is 10.6 Å². The van der Waals surface area contributed by atoms with Crippen LogP contribution in [-0.4, -0.2) is 42.9 Å². The summed E-state index contributed by atoms with van der Waals surface area (Å²) in [4.78, 5) is 23.9. The van der Waals surface area contributed by atoms with Gasteiger partial charge in [0.2, 0.25) is 5.91 Å². The van der Waals surface area contributed by atoms with Crippen molar-refractivity contribution in [3.05, 3.63) is 0 Å². The van der Waals surface area contributed by atoms with Gasteiger partial charge in [0.05, 0.1) is 0 Å². The summed E-state index contributed by atoms with van der Waals surface area (Å²) in [6, 6.07) is -0.121. The molecule has 2 atom stereocenters. The Morgan fingerprint density at radius 3 is 2.50 bits per heavy atom. The first-order valence-corrected chi connectivity index (χ1v) is 8.06. The van der Waals surface area contributed by atoms with Gasteiger partial charge in [0.25, 0.3) is 0 Å². The minimum atomic E-state index is -0.529. The molecule has 0 unspecified atom stereocenters. The highest BCUT2D eigenvalue weighted by Crippen LogP contribution is 2.13. The molecule has 6 heteroatoms. The molecule has 0 aliphatic carbocycles. The highest BCUT2D eigenvalue weighted by atomic mass is 16.6. The topological polar surface area (TPSA) is 76.7 Å². The van der Waals surface area contributed by atoms with Crippen LogP contribution in [0.5, 0.6) is 0 Å². The number of ether oxygens (including phenoxy) is 2. The highest BCUT2D eigenvalue weighted by Gasteiger charge is 2.26. The van der Waals surface area contributed by atoms with Crippen molar-refractivity contribution < 1.29 is 19.1 Å². The molecule has 1 fully saturated rings. The summed E-state index contributed by atoms with van der Waals surface area (Å²) in [5.41, 5.74) is -0.529. The Hall–Kier alpha value is -1.30. The lowest BCUT2D eigenvalue weighted by atomic mass is 10.0. The van der Waals surface area contributed by atoms with E-state index >= 15 is 0 Å². The number of nitrogens with one attached hydrogen (secondary N) is 2. The van der Waals surface area contributed by atoms with Crippen LogP contribution in [0.15, 0.2) is 0 Å². The molecule has 1 heterocycles. The van der Waals surface area contributed by atoms with Crippen molar-refractivity contribution in [1.29, 1.82) is 0 Å². The van der Waals surface area contributed by atoms with Crippen molar-refractivity contribution in [1.82, 2.24) is 10.6 Å². The van der Waals surface area contributed by atoms with E-state index in [1.807, 2.05) is 20.8 Å². The summed E-state index contributed by atoms with van der Waals surface area (Å²) in [5.74, 6) is 0.323. The number of rotatable bonds is 6. The number of carbonyl (C=O) groups excluding carboxylic acids is 2. The molecule has 1 aliphatic rings. The van der Waals surface area contributed by atoms with Crippen LogP contribution in [0.2, 0.25) is 0 Å². The number of hydrogen-bond donors (Lipinski definition) is 2. The maximum atomic E-state index is 12.1. The van der Waals surface area contributed by atoms with Crippen molar-refractivity contribution in [3.8, 4) is 0 Å². The average molecular weight is 314 g/mol. The molecule has 0 bridgehead atoms. The second kappa shape index (κ2) is 8.36. The van der Waals surface area contributed by atoms with Crippen molar-refractivity contribution in [2.45, 2.75) is 71.6 Å². The zero-order valence-corrected chi connectivity index (χ0v) is 14.4. The first-order chi connectivity index (χ1) is 10.2.